The molecule has 80 valence electrons. The average Bonchev–Trinajstić information content (AvgIpc) is 2.15. The molecule has 0 aromatic rings. The van der Waals surface area contributed by atoms with Crippen molar-refractivity contribution >= 4 is 5.97 Å². The van der Waals surface area contributed by atoms with Crippen LogP contribution in [0.4, 0.5) is 0 Å². The number of methoxy groups -OCH3 is 1. The summed E-state index contributed by atoms with van der Waals surface area (Å²) in [6, 6.07) is 1.79. The molecule has 0 spiro atoms. The van der Waals surface area contributed by atoms with Gasteiger partial charge in [0.05, 0.1) is 25.4 Å². The van der Waals surface area contributed by atoms with Crippen LogP contribution in [-0.2, 0) is 14.3 Å². The fourth-order valence-corrected chi connectivity index (χ4v) is 0.977. The number of aliphatic hydroxyl groups is 1. The van der Waals surface area contributed by atoms with Gasteiger partial charge in [-0.1, -0.05) is 0 Å². The summed E-state index contributed by atoms with van der Waals surface area (Å²) in [5, 5.41) is 17.9. The Hall–Kier alpha value is -1.12. The summed E-state index contributed by atoms with van der Waals surface area (Å²) in [6.45, 7) is 2.01. The van der Waals surface area contributed by atoms with Crippen LogP contribution in [0.5, 0.6) is 0 Å². The number of aliphatic hydroxyl groups excluding tert-OH is 1. The van der Waals surface area contributed by atoms with Gasteiger partial charge in [-0.15, -0.1) is 0 Å². The van der Waals surface area contributed by atoms with Crippen LogP contribution in [0.2, 0.25) is 0 Å². The Morgan fingerprint density at radius 3 is 2.71 bits per heavy atom. The summed E-state index contributed by atoms with van der Waals surface area (Å²) >= 11 is 0. The van der Waals surface area contributed by atoms with Crippen molar-refractivity contribution in [3.63, 3.8) is 0 Å². The Morgan fingerprint density at radius 2 is 2.29 bits per heavy atom. The van der Waals surface area contributed by atoms with Gasteiger partial charge in [-0.05, 0) is 6.92 Å². The Kier molecular flexibility index (Phi) is 6.72. The fourth-order valence-electron chi connectivity index (χ4n) is 0.977. The van der Waals surface area contributed by atoms with E-state index in [9.17, 15) is 9.90 Å². The van der Waals surface area contributed by atoms with Crippen LogP contribution in [0.25, 0.3) is 0 Å². The predicted molar refractivity (Wildman–Crippen MR) is 48.2 cm³/mol. The third-order valence-electron chi connectivity index (χ3n) is 1.59. The van der Waals surface area contributed by atoms with Crippen molar-refractivity contribution in [2.45, 2.75) is 19.4 Å². The number of ether oxygens (including phenoxy) is 2. The maximum atomic E-state index is 11.1. The number of hydrogen-bond acceptors (Lipinski definition) is 5. The first-order chi connectivity index (χ1) is 6.65. The molecule has 14 heavy (non-hydrogen) atoms. The first-order valence-electron chi connectivity index (χ1n) is 4.38. The summed E-state index contributed by atoms with van der Waals surface area (Å²) in [7, 11) is 1.44. The van der Waals surface area contributed by atoms with Crippen LogP contribution in [-0.4, -0.2) is 37.5 Å². The minimum Gasteiger partial charge on any atom is -0.465 e. The van der Waals surface area contributed by atoms with Crippen molar-refractivity contribution in [1.29, 1.82) is 5.26 Å². The maximum Gasteiger partial charge on any atom is 0.323 e. The summed E-state index contributed by atoms with van der Waals surface area (Å²) in [4.78, 5) is 11.1. The Balaban J connectivity index is 4.03. The monoisotopic (exact) mass is 201 g/mol. The topological polar surface area (TPSA) is 79.6 Å². The molecule has 0 fully saturated rings. The molecular formula is C9H15NO4. The molecule has 0 heterocycles. The zero-order valence-corrected chi connectivity index (χ0v) is 8.40. The third kappa shape index (κ3) is 4.80. The van der Waals surface area contributed by atoms with Crippen molar-refractivity contribution in [3.8, 4) is 6.07 Å². The molecule has 0 saturated heterocycles. The lowest BCUT2D eigenvalue weighted by Crippen LogP contribution is -2.24. The normalized spacial score (nSPS) is 14.1. The van der Waals surface area contributed by atoms with Gasteiger partial charge in [0.25, 0.3) is 0 Å². The molecule has 5 heteroatoms. The highest BCUT2D eigenvalue weighted by Gasteiger charge is 2.22. The van der Waals surface area contributed by atoms with Crippen LogP contribution in [0.3, 0.4) is 0 Å². The van der Waals surface area contributed by atoms with Gasteiger partial charge in [0.1, 0.15) is 5.92 Å². The van der Waals surface area contributed by atoms with E-state index in [0.717, 1.165) is 0 Å². The number of nitrogens with zero attached hydrogens (tertiary/aromatic N) is 1. The standard InChI is InChI=1S/C9H15NO4/c1-3-14-9(12)7(5-10)4-8(11)6-13-2/h7-8,11H,3-4,6H2,1-2H3. The van der Waals surface area contributed by atoms with Gasteiger partial charge in [0.2, 0.25) is 0 Å². The highest BCUT2D eigenvalue weighted by atomic mass is 16.5. The van der Waals surface area contributed by atoms with E-state index in [4.69, 9.17) is 5.26 Å². The lowest BCUT2D eigenvalue weighted by atomic mass is 10.0. The molecule has 1 N–H and O–H groups in total. The number of hydrogen-bond donors (Lipinski definition) is 1. The van der Waals surface area contributed by atoms with Crippen LogP contribution in [0.1, 0.15) is 13.3 Å². The number of nitriles is 1. The zero-order chi connectivity index (χ0) is 11.0. The van der Waals surface area contributed by atoms with Gasteiger partial charge in [-0.3, -0.25) is 4.79 Å². The molecular weight excluding hydrogens is 186 g/mol. The van der Waals surface area contributed by atoms with E-state index in [2.05, 4.69) is 9.47 Å². The molecule has 0 aliphatic heterocycles. The van der Waals surface area contributed by atoms with Crippen molar-refractivity contribution in [1.82, 2.24) is 0 Å². The van der Waals surface area contributed by atoms with E-state index >= 15 is 0 Å². The van der Waals surface area contributed by atoms with Gasteiger partial charge in [-0.25, -0.2) is 0 Å². The van der Waals surface area contributed by atoms with Crippen molar-refractivity contribution in [3.05, 3.63) is 0 Å². The summed E-state index contributed by atoms with van der Waals surface area (Å²) in [6.07, 6.45) is -0.766. The summed E-state index contributed by atoms with van der Waals surface area (Å²) in [5.74, 6) is -1.51. The smallest absolute Gasteiger partial charge is 0.323 e. The van der Waals surface area contributed by atoms with Gasteiger partial charge in [0.15, 0.2) is 0 Å². The van der Waals surface area contributed by atoms with Crippen molar-refractivity contribution in [2.75, 3.05) is 20.3 Å². The van der Waals surface area contributed by atoms with E-state index in [1.54, 1.807) is 13.0 Å². The molecule has 0 aromatic heterocycles. The predicted octanol–water partition coefficient (Wildman–Crippen LogP) is 0.0867. The van der Waals surface area contributed by atoms with E-state index in [-0.39, 0.29) is 19.6 Å². The number of carbonyl (C=O) groups excluding carboxylic acids is 1. The second-order valence-corrected chi connectivity index (χ2v) is 2.78. The molecule has 0 radical (unpaired) electrons. The molecule has 0 rings (SSSR count). The molecule has 2 atom stereocenters. The quantitative estimate of drug-likeness (QED) is 0.616. The van der Waals surface area contributed by atoms with Gasteiger partial charge < -0.3 is 14.6 Å². The molecule has 0 bridgehead atoms. The van der Waals surface area contributed by atoms with E-state index in [0.29, 0.717) is 0 Å². The largest absolute Gasteiger partial charge is 0.465 e. The second-order valence-electron chi connectivity index (χ2n) is 2.78. The van der Waals surface area contributed by atoms with Crippen LogP contribution in [0.15, 0.2) is 0 Å². The average molecular weight is 201 g/mol. The van der Waals surface area contributed by atoms with Crippen molar-refractivity contribution < 1.29 is 19.4 Å². The third-order valence-corrected chi connectivity index (χ3v) is 1.59. The van der Waals surface area contributed by atoms with Crippen LogP contribution >= 0.6 is 0 Å². The Labute approximate surface area is 83.2 Å². The molecule has 0 amide bonds. The molecule has 0 aromatic carbocycles. The van der Waals surface area contributed by atoms with Gasteiger partial charge in [0, 0.05) is 13.5 Å². The van der Waals surface area contributed by atoms with E-state index in [1.165, 1.54) is 7.11 Å². The lowest BCUT2D eigenvalue weighted by Gasteiger charge is -2.12. The van der Waals surface area contributed by atoms with E-state index in [1.807, 2.05) is 0 Å². The summed E-state index contributed by atoms with van der Waals surface area (Å²) in [5.41, 5.74) is 0. The first kappa shape index (κ1) is 12.9. The van der Waals surface area contributed by atoms with Crippen LogP contribution < -0.4 is 0 Å². The molecule has 0 saturated carbocycles. The highest BCUT2D eigenvalue weighted by Crippen LogP contribution is 2.08. The molecule has 0 aliphatic carbocycles. The number of carbonyl (C=O) groups is 1. The minimum atomic E-state index is -0.917. The fraction of sp³-hybridized carbons (Fsp3) is 0.778. The Bertz CT molecular complexity index is 211. The van der Waals surface area contributed by atoms with Gasteiger partial charge in [-0.2, -0.15) is 5.26 Å². The maximum absolute atomic E-state index is 11.1. The molecule has 0 aliphatic rings. The van der Waals surface area contributed by atoms with Crippen LogP contribution in [0, 0.1) is 17.2 Å². The molecule has 5 nitrogen and oxygen atoms in total. The zero-order valence-electron chi connectivity index (χ0n) is 8.40. The van der Waals surface area contributed by atoms with Gasteiger partial charge >= 0.3 is 5.97 Å². The number of rotatable bonds is 6. The van der Waals surface area contributed by atoms with Crippen molar-refractivity contribution in [2.24, 2.45) is 5.92 Å². The lowest BCUT2D eigenvalue weighted by molar-refractivity contribution is -0.147. The number of esters is 1. The Morgan fingerprint density at radius 1 is 1.64 bits per heavy atom. The summed E-state index contributed by atoms with van der Waals surface area (Å²) < 4.78 is 9.34. The SMILES string of the molecule is CCOC(=O)C(C#N)CC(O)COC. The molecule has 2 unspecified atom stereocenters. The first-order valence-corrected chi connectivity index (χ1v) is 4.38. The minimum absolute atomic E-state index is 0.0448. The second kappa shape index (κ2) is 7.30. The van der Waals surface area contributed by atoms with E-state index < -0.39 is 18.0 Å². The highest BCUT2D eigenvalue weighted by molar-refractivity contribution is 5.75.